The molecule has 2 heterocycles. The van der Waals surface area contributed by atoms with E-state index in [-0.39, 0.29) is 17.9 Å². The molecule has 0 aliphatic carbocycles. The molecule has 0 atom stereocenters. The first kappa shape index (κ1) is 23.2. The molecule has 1 aromatic heterocycles. The summed E-state index contributed by atoms with van der Waals surface area (Å²) in [4.78, 5) is 32.9. The third kappa shape index (κ3) is 8.43. The number of piperidine rings is 1. The number of rotatable bonds is 12. The normalized spacial score (nSPS) is 14.9. The van der Waals surface area contributed by atoms with Gasteiger partial charge in [0.2, 0.25) is 5.91 Å². The molecule has 8 nitrogen and oxygen atoms in total. The number of nitrogens with zero attached hydrogens (tertiary/aromatic N) is 4. The molecule has 1 aromatic rings. The fraction of sp³-hybridized carbons (Fsp3) is 0.762. The number of nitrogens with one attached hydrogen (secondary N) is 2. The van der Waals surface area contributed by atoms with Gasteiger partial charge in [0.25, 0.3) is 0 Å². The molecular weight excluding hydrogens is 368 g/mol. The Balaban J connectivity index is 1.53. The molecule has 1 saturated heterocycles. The molecule has 29 heavy (non-hydrogen) atoms. The van der Waals surface area contributed by atoms with Crippen LogP contribution in [0.3, 0.4) is 0 Å². The highest BCUT2D eigenvalue weighted by atomic mass is 16.2. The number of hydrogen-bond acceptors (Lipinski definition) is 4. The van der Waals surface area contributed by atoms with Gasteiger partial charge < -0.3 is 25.0 Å². The quantitative estimate of drug-likeness (QED) is 0.520. The standard InChI is InChI=1S/C21H38N6O2/c1-3-25(4-2)14-7-11-23-20(28)19-8-15-27(16-9-19)21(29)24-10-5-6-13-26-17-12-22-18-26/h12,17-19H,3-11,13-16H2,1-2H3,(H,23,28)(H,24,29). The molecule has 1 aliphatic heterocycles. The minimum atomic E-state index is -0.00860. The number of likely N-dealkylation sites (tertiary alicyclic amines) is 1. The van der Waals surface area contributed by atoms with Crippen LogP contribution >= 0.6 is 0 Å². The zero-order chi connectivity index (χ0) is 20.9. The van der Waals surface area contributed by atoms with Crippen molar-refractivity contribution in [2.45, 2.75) is 52.5 Å². The van der Waals surface area contributed by atoms with Gasteiger partial charge >= 0.3 is 6.03 Å². The van der Waals surface area contributed by atoms with Crippen molar-refractivity contribution in [1.82, 2.24) is 30.0 Å². The maximum Gasteiger partial charge on any atom is 0.317 e. The fourth-order valence-electron chi connectivity index (χ4n) is 3.69. The van der Waals surface area contributed by atoms with Crippen molar-refractivity contribution in [3.8, 4) is 0 Å². The van der Waals surface area contributed by atoms with Gasteiger partial charge in [-0.25, -0.2) is 9.78 Å². The Hall–Kier alpha value is -2.09. The van der Waals surface area contributed by atoms with Crippen molar-refractivity contribution in [3.05, 3.63) is 18.7 Å². The number of carbonyl (C=O) groups excluding carboxylic acids is 2. The summed E-state index contributed by atoms with van der Waals surface area (Å²) in [5.41, 5.74) is 0. The van der Waals surface area contributed by atoms with Crippen LogP contribution in [0.5, 0.6) is 0 Å². The molecular formula is C21H38N6O2. The maximum atomic E-state index is 12.3. The van der Waals surface area contributed by atoms with Gasteiger partial charge in [-0.15, -0.1) is 0 Å². The monoisotopic (exact) mass is 406 g/mol. The summed E-state index contributed by atoms with van der Waals surface area (Å²) in [6.45, 7) is 11.1. The minimum absolute atomic E-state index is 0.00860. The summed E-state index contributed by atoms with van der Waals surface area (Å²) in [6, 6.07) is -0.00860. The molecule has 1 aliphatic rings. The van der Waals surface area contributed by atoms with Crippen molar-refractivity contribution in [2.24, 2.45) is 5.92 Å². The first-order chi connectivity index (χ1) is 14.1. The van der Waals surface area contributed by atoms with Gasteiger partial charge in [0.1, 0.15) is 0 Å². The second-order valence-electron chi connectivity index (χ2n) is 7.67. The fourth-order valence-corrected chi connectivity index (χ4v) is 3.69. The Labute approximate surface area is 175 Å². The van der Waals surface area contributed by atoms with E-state index in [0.29, 0.717) is 19.6 Å². The van der Waals surface area contributed by atoms with E-state index < -0.39 is 0 Å². The molecule has 0 saturated carbocycles. The van der Waals surface area contributed by atoms with E-state index in [2.05, 4.69) is 34.4 Å². The largest absolute Gasteiger partial charge is 0.356 e. The summed E-state index contributed by atoms with van der Waals surface area (Å²) < 4.78 is 2.04. The van der Waals surface area contributed by atoms with Crippen molar-refractivity contribution >= 4 is 11.9 Å². The first-order valence-corrected chi connectivity index (χ1v) is 11.1. The SMILES string of the molecule is CCN(CC)CCCNC(=O)C1CCN(C(=O)NCCCCn2ccnc2)CC1. The Morgan fingerprint density at radius 1 is 1.07 bits per heavy atom. The number of aryl methyl sites for hydroxylation is 1. The summed E-state index contributed by atoms with van der Waals surface area (Å²) in [5.74, 6) is 0.173. The number of urea groups is 1. The summed E-state index contributed by atoms with van der Waals surface area (Å²) in [6.07, 6.45) is 9.96. The summed E-state index contributed by atoms with van der Waals surface area (Å²) in [5, 5.41) is 6.07. The van der Waals surface area contributed by atoms with Crippen LogP contribution in [0.1, 0.15) is 46.0 Å². The number of unbranched alkanes of at least 4 members (excludes halogenated alkanes) is 1. The van der Waals surface area contributed by atoms with Gasteiger partial charge in [-0.1, -0.05) is 13.8 Å². The first-order valence-electron chi connectivity index (χ1n) is 11.1. The van der Waals surface area contributed by atoms with Crippen LogP contribution in [0, 0.1) is 5.92 Å². The third-order valence-electron chi connectivity index (χ3n) is 5.68. The highest BCUT2D eigenvalue weighted by Crippen LogP contribution is 2.17. The van der Waals surface area contributed by atoms with Crippen LogP contribution in [0.2, 0.25) is 0 Å². The average Bonchev–Trinajstić information content (AvgIpc) is 3.27. The van der Waals surface area contributed by atoms with E-state index >= 15 is 0 Å². The lowest BCUT2D eigenvalue weighted by atomic mass is 9.96. The lowest BCUT2D eigenvalue weighted by Crippen LogP contribution is -2.47. The predicted octanol–water partition coefficient (Wildman–Crippen LogP) is 1.93. The lowest BCUT2D eigenvalue weighted by Gasteiger charge is -2.31. The van der Waals surface area contributed by atoms with Gasteiger partial charge in [0, 0.05) is 51.0 Å². The Morgan fingerprint density at radius 3 is 2.45 bits per heavy atom. The molecule has 8 heteroatoms. The summed E-state index contributed by atoms with van der Waals surface area (Å²) in [7, 11) is 0. The van der Waals surface area contributed by atoms with Gasteiger partial charge in [-0.2, -0.15) is 0 Å². The number of amides is 3. The van der Waals surface area contributed by atoms with Gasteiger partial charge in [-0.05, 0) is 51.7 Å². The van der Waals surface area contributed by atoms with E-state index in [0.717, 1.165) is 64.8 Å². The molecule has 3 amide bonds. The second kappa shape index (κ2) is 13.2. The molecule has 0 spiro atoms. The average molecular weight is 407 g/mol. The predicted molar refractivity (Wildman–Crippen MR) is 115 cm³/mol. The number of aromatic nitrogens is 2. The van der Waals surface area contributed by atoms with Crippen LogP contribution < -0.4 is 10.6 Å². The molecule has 1 fully saturated rings. The number of carbonyl (C=O) groups is 2. The Morgan fingerprint density at radius 2 is 1.79 bits per heavy atom. The van der Waals surface area contributed by atoms with E-state index in [1.165, 1.54) is 0 Å². The minimum Gasteiger partial charge on any atom is -0.356 e. The van der Waals surface area contributed by atoms with Crippen LogP contribution in [-0.4, -0.2) is 77.1 Å². The molecule has 0 unspecified atom stereocenters. The van der Waals surface area contributed by atoms with E-state index in [4.69, 9.17) is 0 Å². The zero-order valence-corrected chi connectivity index (χ0v) is 18.1. The molecule has 0 radical (unpaired) electrons. The molecule has 164 valence electrons. The Kier molecular flexibility index (Phi) is 10.5. The Bertz CT molecular complexity index is 580. The van der Waals surface area contributed by atoms with Crippen LogP contribution in [0.25, 0.3) is 0 Å². The molecule has 2 N–H and O–H groups in total. The van der Waals surface area contributed by atoms with Gasteiger partial charge in [0.05, 0.1) is 6.33 Å². The highest BCUT2D eigenvalue weighted by Gasteiger charge is 2.26. The van der Waals surface area contributed by atoms with Gasteiger partial charge in [0.15, 0.2) is 0 Å². The van der Waals surface area contributed by atoms with Crippen molar-refractivity contribution in [3.63, 3.8) is 0 Å². The maximum absolute atomic E-state index is 12.3. The zero-order valence-electron chi connectivity index (χ0n) is 18.1. The topological polar surface area (TPSA) is 82.5 Å². The van der Waals surface area contributed by atoms with E-state index in [9.17, 15) is 9.59 Å². The van der Waals surface area contributed by atoms with E-state index in [1.807, 2.05) is 22.0 Å². The molecule has 0 bridgehead atoms. The van der Waals surface area contributed by atoms with Crippen LogP contribution in [0.4, 0.5) is 4.79 Å². The lowest BCUT2D eigenvalue weighted by molar-refractivity contribution is -0.126. The molecule has 2 rings (SSSR count). The molecule has 0 aromatic carbocycles. The van der Waals surface area contributed by atoms with Crippen molar-refractivity contribution < 1.29 is 9.59 Å². The van der Waals surface area contributed by atoms with E-state index in [1.54, 1.807) is 6.20 Å². The second-order valence-corrected chi connectivity index (χ2v) is 7.67. The summed E-state index contributed by atoms with van der Waals surface area (Å²) >= 11 is 0. The van der Waals surface area contributed by atoms with Crippen molar-refractivity contribution in [1.29, 1.82) is 0 Å². The smallest absolute Gasteiger partial charge is 0.317 e. The van der Waals surface area contributed by atoms with Crippen LogP contribution in [0.15, 0.2) is 18.7 Å². The number of imidazole rings is 1. The third-order valence-corrected chi connectivity index (χ3v) is 5.68. The number of hydrogen-bond donors (Lipinski definition) is 2. The highest BCUT2D eigenvalue weighted by molar-refractivity contribution is 5.79. The van der Waals surface area contributed by atoms with Crippen LogP contribution in [-0.2, 0) is 11.3 Å². The van der Waals surface area contributed by atoms with Crippen molar-refractivity contribution in [2.75, 3.05) is 45.8 Å². The van der Waals surface area contributed by atoms with Gasteiger partial charge in [-0.3, -0.25) is 4.79 Å².